The summed E-state index contributed by atoms with van der Waals surface area (Å²) in [5.74, 6) is 0.245. The van der Waals surface area contributed by atoms with Crippen LogP contribution in [0.15, 0.2) is 12.7 Å². The van der Waals surface area contributed by atoms with Crippen LogP contribution in [0.4, 0.5) is 10.2 Å². The Morgan fingerprint density at radius 1 is 1.36 bits per heavy atom. The molecule has 7 nitrogen and oxygen atoms in total. The predicted molar refractivity (Wildman–Crippen MR) is 96.4 cm³/mol. The molecule has 4 atom stereocenters. The Morgan fingerprint density at radius 3 is 2.68 bits per heavy atom. The largest absolute Gasteiger partial charge is 0.394 e. The molecule has 0 radical (unpaired) electrons. The molecule has 9 heteroatoms. The van der Waals surface area contributed by atoms with Gasteiger partial charge in [0.2, 0.25) is 0 Å². The van der Waals surface area contributed by atoms with E-state index in [1.54, 1.807) is 0 Å². The van der Waals surface area contributed by atoms with E-state index in [1.165, 1.54) is 17.2 Å². The number of fused-ring (bicyclic) bond motifs is 1. The van der Waals surface area contributed by atoms with Gasteiger partial charge in [0.15, 0.2) is 17.7 Å². The van der Waals surface area contributed by atoms with E-state index < -0.39 is 32.3 Å². The van der Waals surface area contributed by atoms with E-state index in [-0.39, 0.29) is 17.3 Å². The van der Waals surface area contributed by atoms with Gasteiger partial charge in [0, 0.05) is 6.42 Å². The summed E-state index contributed by atoms with van der Waals surface area (Å²) in [5.41, 5.74) is 5.98. The molecule has 1 aliphatic rings. The number of nitrogens with zero attached hydrogens (tertiary/aromatic N) is 4. The standard InChI is InChI=1S/C16H26FN5O2Si/c1-16(2,3)25(4,5)15(23)10-6-9(17)14(24-10)22-8-21-11-12(18)19-7-20-13(11)22/h7-10,14-15,23H,6H2,1-5H3,(H2,18,19,20)/t9-,10+,14-,15?/m1/s1. The fraction of sp³-hybridized carbons (Fsp3) is 0.688. The zero-order chi connectivity index (χ0) is 18.6. The first kappa shape index (κ1) is 18.2. The first-order valence-electron chi connectivity index (χ1n) is 8.44. The highest BCUT2D eigenvalue weighted by Crippen LogP contribution is 2.43. The minimum absolute atomic E-state index is 0.0248. The SMILES string of the molecule is CC(C)(C)[Si](C)(C)C(O)[C@@H]1C[C@@H](F)[C@H](n2cnc3c(N)ncnc32)O1. The van der Waals surface area contributed by atoms with Crippen LogP contribution in [0.5, 0.6) is 0 Å². The second kappa shape index (κ2) is 5.99. The Kier molecular flexibility index (Phi) is 4.37. The minimum atomic E-state index is -2.09. The summed E-state index contributed by atoms with van der Waals surface area (Å²) in [6, 6.07) is 0. The monoisotopic (exact) mass is 367 g/mol. The number of rotatable bonds is 3. The van der Waals surface area contributed by atoms with Gasteiger partial charge in [-0.1, -0.05) is 33.9 Å². The Hall–Kier alpha value is -1.58. The molecule has 0 spiro atoms. The number of hydrogen-bond donors (Lipinski definition) is 2. The molecule has 2 aromatic rings. The topological polar surface area (TPSA) is 99.1 Å². The summed E-state index contributed by atoms with van der Waals surface area (Å²) in [6.07, 6.45) is 0.270. The summed E-state index contributed by atoms with van der Waals surface area (Å²) >= 11 is 0. The van der Waals surface area contributed by atoms with Gasteiger partial charge in [-0.2, -0.15) is 0 Å². The van der Waals surface area contributed by atoms with Gasteiger partial charge < -0.3 is 15.6 Å². The summed E-state index contributed by atoms with van der Waals surface area (Å²) in [4.78, 5) is 12.2. The molecular weight excluding hydrogens is 341 g/mol. The van der Waals surface area contributed by atoms with Crippen molar-refractivity contribution in [1.29, 1.82) is 0 Å². The zero-order valence-electron chi connectivity index (χ0n) is 15.3. The van der Waals surface area contributed by atoms with Crippen LogP contribution in [0.2, 0.25) is 18.1 Å². The highest BCUT2D eigenvalue weighted by Gasteiger charge is 2.50. The third-order valence-electron chi connectivity index (χ3n) is 5.77. The highest BCUT2D eigenvalue weighted by atomic mass is 28.3. The van der Waals surface area contributed by atoms with Gasteiger partial charge in [-0.15, -0.1) is 0 Å². The fourth-order valence-corrected chi connectivity index (χ4v) is 5.10. The van der Waals surface area contributed by atoms with Crippen molar-refractivity contribution < 1.29 is 14.2 Å². The quantitative estimate of drug-likeness (QED) is 0.809. The molecule has 1 unspecified atom stereocenters. The van der Waals surface area contributed by atoms with Gasteiger partial charge in [0.1, 0.15) is 18.0 Å². The Bertz CT molecular complexity index is 775. The minimum Gasteiger partial charge on any atom is -0.394 e. The van der Waals surface area contributed by atoms with Crippen molar-refractivity contribution in [3.05, 3.63) is 12.7 Å². The Balaban J connectivity index is 1.88. The Labute approximate surface area is 147 Å². The number of nitrogen functional groups attached to an aromatic ring is 1. The van der Waals surface area contributed by atoms with Crippen molar-refractivity contribution in [3.63, 3.8) is 0 Å². The van der Waals surface area contributed by atoms with E-state index >= 15 is 0 Å². The molecule has 3 rings (SSSR count). The molecule has 0 saturated carbocycles. The number of aromatic nitrogens is 4. The van der Waals surface area contributed by atoms with Gasteiger partial charge >= 0.3 is 0 Å². The average Bonchev–Trinajstić information content (AvgIpc) is 3.09. The summed E-state index contributed by atoms with van der Waals surface area (Å²) < 4.78 is 22.2. The van der Waals surface area contributed by atoms with Crippen molar-refractivity contribution in [1.82, 2.24) is 19.5 Å². The average molecular weight is 368 g/mol. The van der Waals surface area contributed by atoms with E-state index in [9.17, 15) is 9.50 Å². The van der Waals surface area contributed by atoms with Crippen molar-refractivity contribution in [2.75, 3.05) is 5.73 Å². The maximum atomic E-state index is 14.7. The van der Waals surface area contributed by atoms with E-state index in [0.717, 1.165) is 0 Å². The predicted octanol–water partition coefficient (Wildman–Crippen LogP) is 2.44. The number of nitrogens with two attached hydrogens (primary N) is 1. The maximum absolute atomic E-state index is 14.7. The lowest BCUT2D eigenvalue weighted by Gasteiger charge is -2.42. The highest BCUT2D eigenvalue weighted by molar-refractivity contribution is 6.81. The molecular formula is C16H26FN5O2Si. The maximum Gasteiger partial charge on any atom is 0.168 e. The van der Waals surface area contributed by atoms with Crippen LogP contribution in [0.3, 0.4) is 0 Å². The lowest BCUT2D eigenvalue weighted by atomic mass is 10.2. The van der Waals surface area contributed by atoms with Gasteiger partial charge in [0.25, 0.3) is 0 Å². The van der Waals surface area contributed by atoms with E-state index in [0.29, 0.717) is 11.2 Å². The summed E-state index contributed by atoms with van der Waals surface area (Å²) in [7, 11) is -2.09. The number of aliphatic hydroxyl groups is 1. The van der Waals surface area contributed by atoms with Crippen LogP contribution in [-0.2, 0) is 4.74 Å². The molecule has 3 heterocycles. The third-order valence-corrected chi connectivity index (χ3v) is 11.5. The van der Waals surface area contributed by atoms with Crippen LogP contribution in [-0.4, -0.2) is 50.7 Å². The second-order valence-electron chi connectivity index (χ2n) is 8.32. The number of halogens is 1. The number of anilines is 1. The van der Waals surface area contributed by atoms with Crippen molar-refractivity contribution in [3.8, 4) is 0 Å². The normalized spacial score (nSPS) is 26.3. The van der Waals surface area contributed by atoms with E-state index in [2.05, 4.69) is 48.8 Å². The lowest BCUT2D eigenvalue weighted by molar-refractivity contribution is -0.0486. The van der Waals surface area contributed by atoms with Crippen LogP contribution in [0, 0.1) is 0 Å². The van der Waals surface area contributed by atoms with Crippen LogP contribution < -0.4 is 5.73 Å². The fourth-order valence-electron chi connectivity index (χ4n) is 3.07. The molecule has 138 valence electrons. The van der Waals surface area contributed by atoms with E-state index in [4.69, 9.17) is 10.5 Å². The molecule has 1 saturated heterocycles. The first-order valence-corrected chi connectivity index (χ1v) is 11.5. The molecule has 1 fully saturated rings. The Morgan fingerprint density at radius 2 is 2.04 bits per heavy atom. The van der Waals surface area contributed by atoms with Crippen molar-refractivity contribution >= 4 is 25.1 Å². The molecule has 1 aliphatic heterocycles. The lowest BCUT2D eigenvalue weighted by Crippen LogP contribution is -2.54. The number of ether oxygens (including phenoxy) is 1. The summed E-state index contributed by atoms with van der Waals surface area (Å²) in [5, 5.41) is 10.9. The number of imidazole rings is 1. The molecule has 0 amide bonds. The smallest absolute Gasteiger partial charge is 0.168 e. The molecule has 0 bridgehead atoms. The number of alkyl halides is 1. The molecule has 0 aromatic carbocycles. The van der Waals surface area contributed by atoms with Crippen LogP contribution in [0.25, 0.3) is 11.2 Å². The van der Waals surface area contributed by atoms with Crippen LogP contribution >= 0.6 is 0 Å². The number of hydrogen-bond acceptors (Lipinski definition) is 6. The van der Waals surface area contributed by atoms with Gasteiger partial charge in [-0.25, -0.2) is 19.3 Å². The molecule has 25 heavy (non-hydrogen) atoms. The zero-order valence-corrected chi connectivity index (χ0v) is 16.3. The first-order chi connectivity index (χ1) is 11.5. The third kappa shape index (κ3) is 2.94. The second-order valence-corrected chi connectivity index (χ2v) is 13.9. The summed E-state index contributed by atoms with van der Waals surface area (Å²) in [6.45, 7) is 10.6. The van der Waals surface area contributed by atoms with Crippen LogP contribution in [0.1, 0.15) is 33.4 Å². The van der Waals surface area contributed by atoms with Crippen molar-refractivity contribution in [2.45, 2.75) is 69.6 Å². The van der Waals surface area contributed by atoms with Gasteiger partial charge in [-0.05, 0) is 5.04 Å². The molecule has 0 aliphatic carbocycles. The van der Waals surface area contributed by atoms with Gasteiger partial charge in [-0.3, -0.25) is 4.57 Å². The number of aliphatic hydroxyl groups excluding tert-OH is 1. The molecule has 3 N–H and O–H groups in total. The van der Waals surface area contributed by atoms with Gasteiger partial charge in [0.05, 0.1) is 26.2 Å². The molecule has 2 aromatic heterocycles. The van der Waals surface area contributed by atoms with Crippen molar-refractivity contribution in [2.24, 2.45) is 0 Å². The van der Waals surface area contributed by atoms with E-state index in [1.807, 2.05) is 0 Å².